The summed E-state index contributed by atoms with van der Waals surface area (Å²) in [5.74, 6) is 3.22. The molecular formula is C28H41N5O2. The van der Waals surface area contributed by atoms with E-state index in [-0.39, 0.29) is 0 Å². The molecule has 0 amide bonds. The van der Waals surface area contributed by atoms with Gasteiger partial charge in [0.15, 0.2) is 0 Å². The Hall–Kier alpha value is -2.41. The highest BCUT2D eigenvalue weighted by molar-refractivity contribution is 5.41. The molecule has 5 rings (SSSR count). The molecule has 0 atom stereocenters. The van der Waals surface area contributed by atoms with Gasteiger partial charge in [-0.2, -0.15) is 4.98 Å². The number of fused-ring (bicyclic) bond motifs is 1. The molecule has 1 saturated carbocycles. The molecule has 7 nitrogen and oxygen atoms in total. The molecule has 0 N–H and O–H groups in total. The minimum Gasteiger partial charge on any atom is -0.477 e. The van der Waals surface area contributed by atoms with Crippen molar-refractivity contribution in [2.75, 3.05) is 50.8 Å². The van der Waals surface area contributed by atoms with Gasteiger partial charge in [-0.3, -0.25) is 9.88 Å². The number of hydrogen-bond donors (Lipinski definition) is 0. The molecule has 3 heterocycles. The Bertz CT molecular complexity index is 925. The van der Waals surface area contributed by atoms with E-state index < -0.39 is 0 Å². The molecular weight excluding hydrogens is 438 g/mol. The fraction of sp³-hybridized carbons (Fsp3) is 0.679. The molecule has 0 unspecified atom stereocenters. The number of anilines is 1. The SMILES string of the molecule is c1cc(OCC2CCCCC2)nc(N2CCN(CCCCOc3cnc4c(n3)CCCC4)CC2)c1. The van der Waals surface area contributed by atoms with Crippen LogP contribution in [0.2, 0.25) is 0 Å². The highest BCUT2D eigenvalue weighted by Gasteiger charge is 2.19. The van der Waals surface area contributed by atoms with Gasteiger partial charge >= 0.3 is 0 Å². The van der Waals surface area contributed by atoms with Crippen molar-refractivity contribution in [1.29, 1.82) is 0 Å². The number of nitrogens with zero attached hydrogens (tertiary/aromatic N) is 5. The van der Waals surface area contributed by atoms with Crippen LogP contribution < -0.4 is 14.4 Å². The summed E-state index contributed by atoms with van der Waals surface area (Å²) in [6, 6.07) is 6.20. The summed E-state index contributed by atoms with van der Waals surface area (Å²) < 4.78 is 12.0. The average Bonchev–Trinajstić information content (AvgIpc) is 2.93. The molecule has 0 spiro atoms. The third-order valence-corrected chi connectivity index (χ3v) is 7.70. The molecule has 0 aromatic carbocycles. The number of unbranched alkanes of at least 4 members (excludes halogenated alkanes) is 1. The fourth-order valence-corrected chi connectivity index (χ4v) is 5.53. The van der Waals surface area contributed by atoms with Crippen LogP contribution in [0.5, 0.6) is 11.8 Å². The minimum absolute atomic E-state index is 0.691. The number of aryl methyl sites for hydroxylation is 2. The molecule has 7 heteroatoms. The van der Waals surface area contributed by atoms with E-state index in [2.05, 4.69) is 31.9 Å². The van der Waals surface area contributed by atoms with Crippen molar-refractivity contribution < 1.29 is 9.47 Å². The van der Waals surface area contributed by atoms with Gasteiger partial charge in [-0.1, -0.05) is 25.3 Å². The van der Waals surface area contributed by atoms with Crippen molar-refractivity contribution in [3.63, 3.8) is 0 Å². The molecule has 2 fully saturated rings. The summed E-state index contributed by atoms with van der Waals surface area (Å²) in [5.41, 5.74) is 2.30. The van der Waals surface area contributed by atoms with E-state index in [1.54, 1.807) is 6.20 Å². The maximum absolute atomic E-state index is 6.06. The van der Waals surface area contributed by atoms with Crippen molar-refractivity contribution in [1.82, 2.24) is 19.9 Å². The predicted octanol–water partition coefficient (Wildman–Crippen LogP) is 4.69. The van der Waals surface area contributed by atoms with Crippen LogP contribution in [0.25, 0.3) is 0 Å². The number of hydrogen-bond acceptors (Lipinski definition) is 7. The molecule has 2 aromatic heterocycles. The first kappa shape index (κ1) is 24.3. The summed E-state index contributed by atoms with van der Waals surface area (Å²) in [6.07, 6.45) is 15.2. The van der Waals surface area contributed by atoms with Crippen LogP contribution in [0.15, 0.2) is 24.4 Å². The lowest BCUT2D eigenvalue weighted by molar-refractivity contribution is 0.202. The fourth-order valence-electron chi connectivity index (χ4n) is 5.53. The Morgan fingerprint density at radius 2 is 1.63 bits per heavy atom. The van der Waals surface area contributed by atoms with Crippen molar-refractivity contribution in [3.05, 3.63) is 35.8 Å². The summed E-state index contributed by atoms with van der Waals surface area (Å²) in [7, 11) is 0. The van der Waals surface area contributed by atoms with E-state index in [4.69, 9.17) is 14.5 Å². The number of aromatic nitrogens is 3. The Morgan fingerprint density at radius 1 is 0.800 bits per heavy atom. The lowest BCUT2D eigenvalue weighted by atomic mass is 9.90. The molecule has 190 valence electrons. The van der Waals surface area contributed by atoms with Crippen LogP contribution in [0.4, 0.5) is 5.82 Å². The first-order valence-corrected chi connectivity index (χ1v) is 13.9. The van der Waals surface area contributed by atoms with Crippen LogP contribution in [-0.2, 0) is 12.8 Å². The Kier molecular flexibility index (Phi) is 8.69. The van der Waals surface area contributed by atoms with Crippen molar-refractivity contribution in [2.24, 2.45) is 5.92 Å². The monoisotopic (exact) mass is 479 g/mol. The molecule has 3 aliphatic rings. The zero-order chi connectivity index (χ0) is 23.7. The third kappa shape index (κ3) is 7.06. The lowest BCUT2D eigenvalue weighted by Crippen LogP contribution is -2.47. The maximum Gasteiger partial charge on any atom is 0.232 e. The molecule has 1 saturated heterocycles. The first-order chi connectivity index (χ1) is 17.3. The second kappa shape index (κ2) is 12.5. The highest BCUT2D eigenvalue weighted by atomic mass is 16.5. The van der Waals surface area contributed by atoms with Crippen LogP contribution in [-0.4, -0.2) is 65.8 Å². The van der Waals surface area contributed by atoms with Gasteiger partial charge in [0.25, 0.3) is 0 Å². The van der Waals surface area contributed by atoms with Gasteiger partial charge in [0.1, 0.15) is 5.82 Å². The van der Waals surface area contributed by atoms with Gasteiger partial charge in [-0.15, -0.1) is 0 Å². The lowest BCUT2D eigenvalue weighted by Gasteiger charge is -2.35. The minimum atomic E-state index is 0.691. The van der Waals surface area contributed by atoms with E-state index in [1.165, 1.54) is 44.9 Å². The largest absolute Gasteiger partial charge is 0.477 e. The summed E-state index contributed by atoms with van der Waals surface area (Å²) in [5, 5.41) is 0. The number of ether oxygens (including phenoxy) is 2. The van der Waals surface area contributed by atoms with E-state index in [9.17, 15) is 0 Å². The van der Waals surface area contributed by atoms with Crippen LogP contribution in [0.1, 0.15) is 69.2 Å². The van der Waals surface area contributed by atoms with E-state index in [1.807, 2.05) is 6.07 Å². The Morgan fingerprint density at radius 3 is 2.49 bits per heavy atom. The van der Waals surface area contributed by atoms with Gasteiger partial charge in [-0.25, -0.2) is 4.98 Å². The van der Waals surface area contributed by atoms with Crippen LogP contribution in [0.3, 0.4) is 0 Å². The first-order valence-electron chi connectivity index (χ1n) is 13.9. The molecule has 0 bridgehead atoms. The van der Waals surface area contributed by atoms with Gasteiger partial charge in [0.2, 0.25) is 11.8 Å². The van der Waals surface area contributed by atoms with Gasteiger partial charge in [0.05, 0.1) is 30.8 Å². The summed E-state index contributed by atoms with van der Waals surface area (Å²) in [6.45, 7) is 6.82. The van der Waals surface area contributed by atoms with Gasteiger partial charge in [-0.05, 0) is 69.9 Å². The van der Waals surface area contributed by atoms with E-state index >= 15 is 0 Å². The summed E-state index contributed by atoms with van der Waals surface area (Å²) in [4.78, 5) is 19.0. The average molecular weight is 480 g/mol. The zero-order valence-electron chi connectivity index (χ0n) is 21.2. The van der Waals surface area contributed by atoms with Crippen molar-refractivity contribution in [3.8, 4) is 11.8 Å². The maximum atomic E-state index is 6.06. The van der Waals surface area contributed by atoms with E-state index in [0.29, 0.717) is 18.4 Å². The predicted molar refractivity (Wildman–Crippen MR) is 138 cm³/mol. The quantitative estimate of drug-likeness (QED) is 0.458. The number of piperazine rings is 1. The molecule has 0 radical (unpaired) electrons. The second-order valence-electron chi connectivity index (χ2n) is 10.3. The molecule has 2 aliphatic carbocycles. The Labute approximate surface area is 210 Å². The number of rotatable bonds is 10. The Balaban J connectivity index is 0.980. The topological polar surface area (TPSA) is 63.6 Å². The zero-order valence-corrected chi connectivity index (χ0v) is 21.2. The van der Waals surface area contributed by atoms with Crippen LogP contribution >= 0.6 is 0 Å². The standard InChI is InChI=1S/C28H41N5O2/c1-2-9-23(10-3-1)22-35-27-14-8-13-26(31-27)33-18-16-32(17-19-33)15-6-7-20-34-28-21-29-24-11-4-5-12-25(24)30-28/h8,13-14,21,23H,1-7,9-12,15-20,22H2. The second-order valence-corrected chi connectivity index (χ2v) is 10.3. The molecule has 1 aliphatic heterocycles. The third-order valence-electron chi connectivity index (χ3n) is 7.70. The van der Waals surface area contributed by atoms with Gasteiger partial charge < -0.3 is 14.4 Å². The van der Waals surface area contributed by atoms with E-state index in [0.717, 1.165) is 88.1 Å². The summed E-state index contributed by atoms with van der Waals surface area (Å²) >= 11 is 0. The number of pyridine rings is 1. The smallest absolute Gasteiger partial charge is 0.232 e. The molecule has 2 aromatic rings. The highest BCUT2D eigenvalue weighted by Crippen LogP contribution is 2.25. The van der Waals surface area contributed by atoms with Crippen molar-refractivity contribution in [2.45, 2.75) is 70.6 Å². The molecule has 35 heavy (non-hydrogen) atoms. The normalized spacial score (nSPS) is 19.4. The van der Waals surface area contributed by atoms with Crippen molar-refractivity contribution >= 4 is 5.82 Å². The van der Waals surface area contributed by atoms with Crippen LogP contribution in [0, 0.1) is 5.92 Å². The van der Waals surface area contributed by atoms with Gasteiger partial charge in [0, 0.05) is 32.2 Å².